The molecule has 262 valence electrons. The van der Waals surface area contributed by atoms with E-state index in [0.29, 0.717) is 5.92 Å². The first kappa shape index (κ1) is 36.0. The summed E-state index contributed by atoms with van der Waals surface area (Å²) in [6, 6.07) is 42.8. The van der Waals surface area contributed by atoms with Crippen molar-refractivity contribution >= 4 is 0 Å². The molecule has 3 nitrogen and oxygen atoms in total. The average Bonchev–Trinajstić information content (AvgIpc) is 3.56. The summed E-state index contributed by atoms with van der Waals surface area (Å²) in [5.74, 6) is 2.71. The molecule has 0 spiro atoms. The van der Waals surface area contributed by atoms with Gasteiger partial charge in [-0.1, -0.05) is 154 Å². The number of benzene rings is 5. The lowest BCUT2D eigenvalue weighted by molar-refractivity contribution is 0.590. The molecule has 1 atom stereocenters. The average molecular weight is 674 g/mol. The van der Waals surface area contributed by atoms with E-state index < -0.39 is 0 Å². The number of hydrogen-bond donors (Lipinski definition) is 0. The molecule has 0 N–H and O–H groups in total. The molecule has 6 aromatic rings. The second-order valence-corrected chi connectivity index (χ2v) is 16.8. The quantitative estimate of drug-likeness (QED) is 0.153. The molecule has 0 aliphatic rings. The van der Waals surface area contributed by atoms with Crippen LogP contribution in [0, 0.1) is 5.92 Å². The first-order valence-electron chi connectivity index (χ1n) is 18.7. The SMILES string of the molecule is CCC(C)c1nnc(-c2cccc(-c3cc(-c4ccc(C(C)(C)C)cc4)cc(-c4ccc(C(C)(C)C)cc4)c3)c2)n1-c1ccccc1CC(C)C. The van der Waals surface area contributed by atoms with E-state index in [1.54, 1.807) is 0 Å². The van der Waals surface area contributed by atoms with Crippen molar-refractivity contribution in [1.82, 2.24) is 14.8 Å². The summed E-state index contributed by atoms with van der Waals surface area (Å²) in [5, 5.41) is 9.72. The van der Waals surface area contributed by atoms with Gasteiger partial charge in [-0.15, -0.1) is 10.2 Å². The minimum Gasteiger partial charge on any atom is -0.279 e. The van der Waals surface area contributed by atoms with E-state index in [4.69, 9.17) is 10.2 Å². The molecule has 0 fully saturated rings. The molecule has 0 aliphatic carbocycles. The molecule has 5 aromatic carbocycles. The Hall–Kier alpha value is -4.76. The van der Waals surface area contributed by atoms with Crippen molar-refractivity contribution in [3.05, 3.63) is 138 Å². The monoisotopic (exact) mass is 673 g/mol. The Labute approximate surface area is 306 Å². The van der Waals surface area contributed by atoms with Gasteiger partial charge in [-0.25, -0.2) is 0 Å². The molecule has 1 heterocycles. The number of aromatic nitrogens is 3. The van der Waals surface area contributed by atoms with E-state index in [-0.39, 0.29) is 16.7 Å². The molecule has 51 heavy (non-hydrogen) atoms. The van der Waals surface area contributed by atoms with Crippen molar-refractivity contribution in [1.29, 1.82) is 0 Å². The van der Waals surface area contributed by atoms with Gasteiger partial charge in [0.1, 0.15) is 5.82 Å². The highest BCUT2D eigenvalue weighted by Gasteiger charge is 2.22. The van der Waals surface area contributed by atoms with Crippen LogP contribution in [0.3, 0.4) is 0 Å². The Kier molecular flexibility index (Phi) is 10.2. The van der Waals surface area contributed by atoms with E-state index in [9.17, 15) is 0 Å². The van der Waals surface area contributed by atoms with Crippen LogP contribution in [0.25, 0.3) is 50.5 Å². The predicted molar refractivity (Wildman–Crippen MR) is 218 cm³/mol. The van der Waals surface area contributed by atoms with Gasteiger partial charge in [0.2, 0.25) is 0 Å². The fraction of sp³-hybridized carbons (Fsp3) is 0.333. The van der Waals surface area contributed by atoms with Crippen LogP contribution >= 0.6 is 0 Å². The summed E-state index contributed by atoms with van der Waals surface area (Å²) in [6.07, 6.45) is 1.99. The van der Waals surface area contributed by atoms with Gasteiger partial charge in [0.15, 0.2) is 5.82 Å². The first-order chi connectivity index (χ1) is 24.2. The first-order valence-corrected chi connectivity index (χ1v) is 18.7. The summed E-state index contributed by atoms with van der Waals surface area (Å²) in [6.45, 7) is 22.6. The molecule has 1 unspecified atom stereocenters. The summed E-state index contributed by atoms with van der Waals surface area (Å²) in [5.41, 5.74) is 13.6. The third kappa shape index (κ3) is 7.94. The van der Waals surface area contributed by atoms with Gasteiger partial charge < -0.3 is 0 Å². The van der Waals surface area contributed by atoms with E-state index in [0.717, 1.165) is 35.6 Å². The van der Waals surface area contributed by atoms with Crippen LogP contribution in [-0.2, 0) is 17.3 Å². The van der Waals surface area contributed by atoms with Crippen molar-refractivity contribution in [2.75, 3.05) is 0 Å². The Morgan fingerprint density at radius 1 is 0.529 bits per heavy atom. The van der Waals surface area contributed by atoms with Gasteiger partial charge in [-0.2, -0.15) is 0 Å². The Balaban J connectivity index is 1.50. The number of hydrogen-bond acceptors (Lipinski definition) is 2. The molecule has 0 radical (unpaired) electrons. The molecule has 0 bridgehead atoms. The largest absolute Gasteiger partial charge is 0.279 e. The lowest BCUT2D eigenvalue weighted by atomic mass is 9.85. The van der Waals surface area contributed by atoms with Crippen LogP contribution in [0.4, 0.5) is 0 Å². The number of nitrogens with zero attached hydrogens (tertiary/aromatic N) is 3. The molecular formula is C48H55N3. The summed E-state index contributed by atoms with van der Waals surface area (Å²) >= 11 is 0. The zero-order valence-electron chi connectivity index (χ0n) is 32.4. The normalized spacial score (nSPS) is 12.8. The van der Waals surface area contributed by atoms with Crippen LogP contribution in [0.15, 0.2) is 115 Å². The summed E-state index contributed by atoms with van der Waals surface area (Å²) < 4.78 is 2.32. The van der Waals surface area contributed by atoms with E-state index in [1.165, 1.54) is 50.2 Å². The summed E-state index contributed by atoms with van der Waals surface area (Å²) in [4.78, 5) is 0. The van der Waals surface area contributed by atoms with Crippen LogP contribution in [0.5, 0.6) is 0 Å². The zero-order chi connectivity index (χ0) is 36.5. The standard InChI is InChI=1S/C48H55N3/c1-11-33(4)45-49-50-46(51(45)44-18-13-12-15-37(44)27-32(2)3)38-17-14-16-36(28-38)41-30-39(34-19-23-42(24-20-34)47(5,6)7)29-40(31-41)35-21-25-43(26-22-35)48(8,9)10/h12-26,28-33H,11,27H2,1-10H3. The molecule has 0 amide bonds. The third-order valence-electron chi connectivity index (χ3n) is 10.2. The minimum absolute atomic E-state index is 0.103. The van der Waals surface area contributed by atoms with Crippen LogP contribution in [-0.4, -0.2) is 14.8 Å². The van der Waals surface area contributed by atoms with Crippen LogP contribution in [0.1, 0.15) is 104 Å². The van der Waals surface area contributed by atoms with E-state index >= 15 is 0 Å². The lowest BCUT2D eigenvalue weighted by Crippen LogP contribution is -2.10. The molecule has 0 saturated heterocycles. The fourth-order valence-electron chi connectivity index (χ4n) is 6.85. The highest BCUT2D eigenvalue weighted by molar-refractivity contribution is 5.82. The minimum atomic E-state index is 0.103. The maximum atomic E-state index is 4.89. The van der Waals surface area contributed by atoms with Gasteiger partial charge in [0, 0.05) is 11.5 Å². The zero-order valence-corrected chi connectivity index (χ0v) is 32.4. The summed E-state index contributed by atoms with van der Waals surface area (Å²) in [7, 11) is 0. The fourth-order valence-corrected chi connectivity index (χ4v) is 6.85. The van der Waals surface area contributed by atoms with Gasteiger partial charge in [-0.3, -0.25) is 4.57 Å². The highest BCUT2D eigenvalue weighted by Crippen LogP contribution is 2.37. The van der Waals surface area contributed by atoms with E-state index in [1.807, 2.05) is 0 Å². The molecule has 3 heteroatoms. The van der Waals surface area contributed by atoms with Gasteiger partial charge in [0.05, 0.1) is 5.69 Å². The molecular weight excluding hydrogens is 619 g/mol. The van der Waals surface area contributed by atoms with Crippen molar-refractivity contribution in [2.45, 2.75) is 98.8 Å². The maximum absolute atomic E-state index is 4.89. The third-order valence-corrected chi connectivity index (χ3v) is 10.2. The van der Waals surface area contributed by atoms with Crippen LogP contribution in [0.2, 0.25) is 0 Å². The topological polar surface area (TPSA) is 30.7 Å². The molecule has 1 aromatic heterocycles. The Bertz CT molecular complexity index is 2020. The number of rotatable bonds is 9. The molecule has 6 rings (SSSR count). The van der Waals surface area contributed by atoms with E-state index in [2.05, 4.69) is 189 Å². The Morgan fingerprint density at radius 2 is 1.02 bits per heavy atom. The maximum Gasteiger partial charge on any atom is 0.168 e. The Morgan fingerprint density at radius 3 is 1.53 bits per heavy atom. The highest BCUT2D eigenvalue weighted by atomic mass is 15.3. The van der Waals surface area contributed by atoms with Crippen LogP contribution < -0.4 is 0 Å². The second kappa shape index (κ2) is 14.5. The molecule has 0 aliphatic heterocycles. The van der Waals surface area contributed by atoms with Crippen molar-refractivity contribution in [3.8, 4) is 50.5 Å². The molecule has 0 saturated carbocycles. The van der Waals surface area contributed by atoms with Gasteiger partial charge in [0.25, 0.3) is 0 Å². The van der Waals surface area contributed by atoms with Crippen molar-refractivity contribution in [3.63, 3.8) is 0 Å². The smallest absolute Gasteiger partial charge is 0.168 e. The predicted octanol–water partition coefficient (Wildman–Crippen LogP) is 13.2. The van der Waals surface area contributed by atoms with Crippen molar-refractivity contribution in [2.24, 2.45) is 5.92 Å². The van der Waals surface area contributed by atoms with Crippen molar-refractivity contribution < 1.29 is 0 Å². The van der Waals surface area contributed by atoms with Gasteiger partial charge >= 0.3 is 0 Å². The number of para-hydroxylation sites is 1. The lowest BCUT2D eigenvalue weighted by Gasteiger charge is -2.20. The second-order valence-electron chi connectivity index (χ2n) is 16.8. The van der Waals surface area contributed by atoms with Gasteiger partial charge in [-0.05, 0) is 110 Å².